The van der Waals surface area contributed by atoms with Crippen molar-refractivity contribution in [3.8, 4) is 0 Å². The van der Waals surface area contributed by atoms with Crippen LogP contribution in [0.2, 0.25) is 5.02 Å². The van der Waals surface area contributed by atoms with Crippen LogP contribution in [0.3, 0.4) is 0 Å². The van der Waals surface area contributed by atoms with Crippen molar-refractivity contribution < 1.29 is 14.1 Å². The highest BCUT2D eigenvalue weighted by atomic mass is 35.5. The first kappa shape index (κ1) is 15.5. The molecule has 0 atom stereocenters. The Hall–Kier alpha value is -1.37. The minimum absolute atomic E-state index is 0.169. The summed E-state index contributed by atoms with van der Waals surface area (Å²) in [4.78, 5) is 11.7. The molecular weight excluding hydrogens is 302 g/mol. The number of rotatable bonds is 1. The number of benzene rings is 1. The monoisotopic (exact) mass is 320 g/mol. The maximum absolute atomic E-state index is 11.7. The summed E-state index contributed by atoms with van der Waals surface area (Å²) < 4.78 is 13.4. The molecule has 1 saturated heterocycles. The molecule has 3 rings (SSSR count). The molecule has 22 heavy (non-hydrogen) atoms. The van der Waals surface area contributed by atoms with E-state index >= 15 is 0 Å². The molecule has 116 valence electrons. The molecule has 0 spiro atoms. The van der Waals surface area contributed by atoms with Crippen LogP contribution in [0.4, 0.5) is 0 Å². The fourth-order valence-electron chi connectivity index (χ4n) is 2.47. The largest absolute Gasteiger partial charge is 0.494 e. The zero-order valence-corrected chi connectivity index (χ0v) is 14.1. The van der Waals surface area contributed by atoms with E-state index in [0.29, 0.717) is 10.5 Å². The Bertz CT molecular complexity index is 753. The summed E-state index contributed by atoms with van der Waals surface area (Å²) in [5.41, 5.74) is 0.573. The van der Waals surface area contributed by atoms with Crippen molar-refractivity contribution >= 4 is 41.0 Å². The summed E-state index contributed by atoms with van der Waals surface area (Å²) in [6.45, 7) is 9.43. The van der Waals surface area contributed by atoms with Gasteiger partial charge in [-0.15, -0.1) is 0 Å². The maximum Gasteiger partial charge on any atom is 0.494 e. The molecule has 0 bridgehead atoms. The number of hydrogen-bond donors (Lipinski definition) is 0. The van der Waals surface area contributed by atoms with Crippen LogP contribution in [0.1, 0.15) is 39.4 Å². The summed E-state index contributed by atoms with van der Waals surface area (Å²) in [6, 6.07) is 3.65. The lowest BCUT2D eigenvalue weighted by Gasteiger charge is -2.32. The summed E-state index contributed by atoms with van der Waals surface area (Å²) in [5, 5.41) is 5.34. The minimum atomic E-state index is -0.526. The summed E-state index contributed by atoms with van der Waals surface area (Å²) in [5.74, 6) is -0.169. The van der Waals surface area contributed by atoms with Crippen molar-refractivity contribution in [1.82, 2.24) is 9.78 Å². The zero-order valence-electron chi connectivity index (χ0n) is 13.3. The van der Waals surface area contributed by atoms with Gasteiger partial charge in [-0.3, -0.25) is 4.79 Å². The molecule has 1 aliphatic heterocycles. The molecule has 0 radical (unpaired) electrons. The van der Waals surface area contributed by atoms with Gasteiger partial charge < -0.3 is 9.31 Å². The smallest absolute Gasteiger partial charge is 0.399 e. The highest BCUT2D eigenvalue weighted by molar-refractivity contribution is 6.63. The van der Waals surface area contributed by atoms with Crippen molar-refractivity contribution in [1.29, 1.82) is 0 Å². The van der Waals surface area contributed by atoms with Gasteiger partial charge in [-0.2, -0.15) is 5.10 Å². The second kappa shape index (κ2) is 4.81. The number of fused-ring (bicyclic) bond motifs is 1. The van der Waals surface area contributed by atoms with Crippen molar-refractivity contribution in [2.24, 2.45) is 0 Å². The van der Waals surface area contributed by atoms with E-state index in [4.69, 9.17) is 20.9 Å². The molecule has 0 aliphatic carbocycles. The van der Waals surface area contributed by atoms with Crippen LogP contribution in [0.5, 0.6) is 0 Å². The van der Waals surface area contributed by atoms with Crippen LogP contribution in [0.25, 0.3) is 10.9 Å². The molecule has 2 aromatic rings. The highest BCUT2D eigenvalue weighted by Crippen LogP contribution is 2.37. The second-order valence-corrected chi connectivity index (χ2v) is 7.01. The van der Waals surface area contributed by atoms with E-state index in [9.17, 15) is 4.79 Å². The van der Waals surface area contributed by atoms with E-state index in [-0.39, 0.29) is 5.91 Å². The van der Waals surface area contributed by atoms with Crippen LogP contribution in [0.15, 0.2) is 18.3 Å². The van der Waals surface area contributed by atoms with E-state index in [1.54, 1.807) is 12.3 Å². The lowest BCUT2D eigenvalue weighted by Crippen LogP contribution is -2.41. The quantitative estimate of drug-likeness (QED) is 0.758. The number of carbonyl (C=O) groups is 1. The molecule has 7 heteroatoms. The molecule has 1 aromatic heterocycles. The minimum Gasteiger partial charge on any atom is -0.399 e. The highest BCUT2D eigenvalue weighted by Gasteiger charge is 2.51. The first-order valence-electron chi connectivity index (χ1n) is 7.16. The third-order valence-electron chi connectivity index (χ3n) is 4.48. The van der Waals surface area contributed by atoms with E-state index in [0.717, 1.165) is 10.8 Å². The van der Waals surface area contributed by atoms with E-state index in [2.05, 4.69) is 5.10 Å². The van der Waals surface area contributed by atoms with Gasteiger partial charge in [0.2, 0.25) is 5.91 Å². The normalized spacial score (nSPS) is 19.8. The first-order valence-corrected chi connectivity index (χ1v) is 7.54. The van der Waals surface area contributed by atoms with E-state index in [1.807, 2.05) is 33.8 Å². The van der Waals surface area contributed by atoms with Crippen LogP contribution >= 0.6 is 11.6 Å². The fraction of sp³-hybridized carbons (Fsp3) is 0.467. The van der Waals surface area contributed by atoms with Crippen LogP contribution in [-0.2, 0) is 9.31 Å². The van der Waals surface area contributed by atoms with Gasteiger partial charge in [-0.05, 0) is 45.3 Å². The molecule has 0 amide bonds. The standard InChI is InChI=1S/C15H18BClN2O3/c1-9(20)19-13-7-10(6-12(17)11(13)8-18-19)16-21-14(2,3)15(4,5)22-16/h6-8H,1-5H3. The first-order chi connectivity index (χ1) is 10.1. The SMILES string of the molecule is CC(=O)n1ncc2c(Cl)cc(B3OC(C)(C)C(C)(C)O3)cc21. The Labute approximate surface area is 134 Å². The molecule has 1 fully saturated rings. The van der Waals surface area contributed by atoms with Gasteiger partial charge in [0.1, 0.15) is 0 Å². The number of carbonyl (C=O) groups excluding carboxylic acids is 1. The van der Waals surface area contributed by atoms with Gasteiger partial charge in [0.25, 0.3) is 0 Å². The van der Waals surface area contributed by atoms with Gasteiger partial charge >= 0.3 is 7.12 Å². The summed E-state index contributed by atoms with van der Waals surface area (Å²) >= 11 is 6.33. The number of hydrogen-bond acceptors (Lipinski definition) is 4. The molecule has 5 nitrogen and oxygen atoms in total. The molecule has 1 aliphatic rings. The third kappa shape index (κ3) is 2.26. The number of nitrogens with zero attached hydrogens (tertiary/aromatic N) is 2. The molecule has 1 aromatic carbocycles. The van der Waals surface area contributed by atoms with Gasteiger partial charge in [0, 0.05) is 12.3 Å². The van der Waals surface area contributed by atoms with Crippen LogP contribution in [0, 0.1) is 0 Å². The van der Waals surface area contributed by atoms with Crippen molar-refractivity contribution in [2.75, 3.05) is 0 Å². The predicted octanol–water partition coefficient (Wildman–Crippen LogP) is 2.65. The molecular formula is C15H18BClN2O3. The zero-order chi connectivity index (χ0) is 16.3. The number of aromatic nitrogens is 2. The van der Waals surface area contributed by atoms with Crippen LogP contribution in [-0.4, -0.2) is 34.0 Å². The maximum atomic E-state index is 11.7. The summed E-state index contributed by atoms with van der Waals surface area (Å²) in [7, 11) is -0.526. The average Bonchev–Trinajstić information content (AvgIpc) is 2.89. The van der Waals surface area contributed by atoms with Gasteiger partial charge in [0.15, 0.2) is 0 Å². The summed E-state index contributed by atoms with van der Waals surface area (Å²) in [6.07, 6.45) is 1.59. The molecule has 0 unspecified atom stereocenters. The second-order valence-electron chi connectivity index (χ2n) is 6.60. The van der Waals surface area contributed by atoms with Gasteiger partial charge in [-0.25, -0.2) is 4.68 Å². The lowest BCUT2D eigenvalue weighted by atomic mass is 9.79. The van der Waals surface area contributed by atoms with Crippen molar-refractivity contribution in [3.63, 3.8) is 0 Å². The molecule has 2 heterocycles. The Balaban J connectivity index is 2.09. The topological polar surface area (TPSA) is 53.4 Å². The molecule has 0 saturated carbocycles. The van der Waals surface area contributed by atoms with E-state index in [1.165, 1.54) is 11.6 Å². The Morgan fingerprint density at radius 1 is 1.23 bits per heavy atom. The average molecular weight is 321 g/mol. The van der Waals surface area contributed by atoms with Gasteiger partial charge in [-0.1, -0.05) is 11.6 Å². The van der Waals surface area contributed by atoms with Crippen LogP contribution < -0.4 is 5.46 Å². The fourth-order valence-corrected chi connectivity index (χ4v) is 2.74. The Morgan fingerprint density at radius 3 is 2.36 bits per heavy atom. The van der Waals surface area contributed by atoms with Gasteiger partial charge in [0.05, 0.1) is 27.9 Å². The molecule has 0 N–H and O–H groups in total. The van der Waals surface area contributed by atoms with E-state index < -0.39 is 18.3 Å². The Morgan fingerprint density at radius 2 is 1.82 bits per heavy atom. The third-order valence-corrected chi connectivity index (χ3v) is 4.80. The predicted molar refractivity (Wildman–Crippen MR) is 86.8 cm³/mol. The van der Waals surface area contributed by atoms with Crippen molar-refractivity contribution in [3.05, 3.63) is 23.4 Å². The van der Waals surface area contributed by atoms with Crippen molar-refractivity contribution in [2.45, 2.75) is 45.8 Å². The Kier molecular flexibility index (Phi) is 3.40. The lowest BCUT2D eigenvalue weighted by molar-refractivity contribution is 0.00578. The number of halogens is 1.